The molecule has 0 N–H and O–H groups in total. The van der Waals surface area contributed by atoms with E-state index in [-0.39, 0.29) is 17.5 Å². The minimum absolute atomic E-state index is 0.0374. The fraction of sp³-hybridized carbons (Fsp3) is 0.800. The van der Waals surface area contributed by atoms with Crippen LogP contribution in [0.5, 0.6) is 0 Å². The molecule has 0 aromatic heterocycles. The molecular formula is C10H15NO2. The Hall–Kier alpha value is -0.700. The number of hydrogen-bond acceptors (Lipinski definition) is 3. The van der Waals surface area contributed by atoms with Crippen LogP contribution in [0.2, 0.25) is 0 Å². The highest BCUT2D eigenvalue weighted by atomic mass is 16.1. The Labute approximate surface area is 78.1 Å². The average Bonchev–Trinajstić information content (AvgIpc) is 2.48. The predicted octanol–water partition coefficient (Wildman–Crippen LogP) is 0.629. The fourth-order valence-electron chi connectivity index (χ4n) is 2.43. The molecule has 2 aliphatic rings. The van der Waals surface area contributed by atoms with Crippen molar-refractivity contribution < 1.29 is 9.59 Å². The van der Waals surface area contributed by atoms with Crippen LogP contribution in [0.4, 0.5) is 0 Å². The molecule has 0 aromatic carbocycles. The fourth-order valence-corrected chi connectivity index (χ4v) is 2.43. The summed E-state index contributed by atoms with van der Waals surface area (Å²) in [6.45, 7) is 3.28. The predicted molar refractivity (Wildman–Crippen MR) is 48.4 cm³/mol. The Morgan fingerprint density at radius 3 is 3.00 bits per heavy atom. The van der Waals surface area contributed by atoms with E-state index in [0.717, 1.165) is 13.0 Å². The van der Waals surface area contributed by atoms with Crippen LogP contribution in [0.25, 0.3) is 0 Å². The minimum atomic E-state index is -0.325. The number of carbonyl (C=O) groups excluding carboxylic acids is 2. The van der Waals surface area contributed by atoms with Crippen LogP contribution in [-0.2, 0) is 9.59 Å². The third kappa shape index (κ3) is 1.53. The second kappa shape index (κ2) is 3.22. The number of rotatable bonds is 1. The lowest BCUT2D eigenvalue weighted by molar-refractivity contribution is -0.135. The summed E-state index contributed by atoms with van der Waals surface area (Å²) < 4.78 is 0. The topological polar surface area (TPSA) is 37.4 Å². The van der Waals surface area contributed by atoms with Gasteiger partial charge in [-0.2, -0.15) is 0 Å². The SMILES string of the molecule is CC(=O)C1CN2CCCC2CC1=O. The monoisotopic (exact) mass is 181 g/mol. The highest BCUT2D eigenvalue weighted by Crippen LogP contribution is 2.27. The minimum Gasteiger partial charge on any atom is -0.299 e. The summed E-state index contributed by atoms with van der Waals surface area (Å²) in [7, 11) is 0. The van der Waals surface area contributed by atoms with Crippen LogP contribution in [0.1, 0.15) is 26.2 Å². The van der Waals surface area contributed by atoms with Crippen LogP contribution in [-0.4, -0.2) is 35.6 Å². The van der Waals surface area contributed by atoms with Gasteiger partial charge in [0, 0.05) is 19.0 Å². The summed E-state index contributed by atoms with van der Waals surface area (Å²) in [5, 5.41) is 0. The summed E-state index contributed by atoms with van der Waals surface area (Å²) in [6.07, 6.45) is 2.92. The molecule has 2 heterocycles. The molecule has 0 spiro atoms. The van der Waals surface area contributed by atoms with Crippen LogP contribution in [0.15, 0.2) is 0 Å². The first kappa shape index (κ1) is 8.88. The molecule has 2 saturated heterocycles. The van der Waals surface area contributed by atoms with Crippen molar-refractivity contribution in [2.75, 3.05) is 13.1 Å². The van der Waals surface area contributed by atoms with Gasteiger partial charge in [-0.15, -0.1) is 0 Å². The lowest BCUT2D eigenvalue weighted by Crippen LogP contribution is -2.46. The molecule has 2 fully saturated rings. The standard InChI is InChI=1S/C10H15NO2/c1-7(12)9-6-11-4-2-3-8(11)5-10(9)13/h8-9H,2-6H2,1H3. The van der Waals surface area contributed by atoms with Crippen molar-refractivity contribution in [3.05, 3.63) is 0 Å². The Morgan fingerprint density at radius 1 is 1.54 bits per heavy atom. The number of nitrogens with zero attached hydrogens (tertiary/aromatic N) is 1. The normalized spacial score (nSPS) is 34.7. The van der Waals surface area contributed by atoms with E-state index in [1.807, 2.05) is 0 Å². The highest BCUT2D eigenvalue weighted by molar-refractivity contribution is 6.02. The molecule has 0 aliphatic carbocycles. The van der Waals surface area contributed by atoms with E-state index in [4.69, 9.17) is 0 Å². The molecule has 3 nitrogen and oxygen atoms in total. The molecule has 0 saturated carbocycles. The summed E-state index contributed by atoms with van der Waals surface area (Å²) in [4.78, 5) is 25.0. The van der Waals surface area contributed by atoms with Crippen LogP contribution < -0.4 is 0 Å². The molecule has 0 amide bonds. The third-order valence-corrected chi connectivity index (χ3v) is 3.23. The maximum atomic E-state index is 11.5. The van der Waals surface area contributed by atoms with E-state index in [1.54, 1.807) is 0 Å². The first-order chi connectivity index (χ1) is 6.18. The summed E-state index contributed by atoms with van der Waals surface area (Å²) >= 11 is 0. The van der Waals surface area contributed by atoms with Gasteiger partial charge in [-0.3, -0.25) is 14.5 Å². The molecule has 2 unspecified atom stereocenters. The maximum Gasteiger partial charge on any atom is 0.146 e. The lowest BCUT2D eigenvalue weighted by atomic mass is 9.89. The molecular weight excluding hydrogens is 166 g/mol. The van der Waals surface area contributed by atoms with Crippen LogP contribution in [0, 0.1) is 5.92 Å². The van der Waals surface area contributed by atoms with E-state index in [2.05, 4.69) is 4.90 Å². The summed E-state index contributed by atoms with van der Waals surface area (Å²) in [5.41, 5.74) is 0. The van der Waals surface area contributed by atoms with Crippen LogP contribution >= 0.6 is 0 Å². The molecule has 72 valence electrons. The smallest absolute Gasteiger partial charge is 0.146 e. The van der Waals surface area contributed by atoms with Crippen molar-refractivity contribution in [1.29, 1.82) is 0 Å². The van der Waals surface area contributed by atoms with Gasteiger partial charge in [-0.25, -0.2) is 0 Å². The van der Waals surface area contributed by atoms with Crippen molar-refractivity contribution in [1.82, 2.24) is 4.90 Å². The van der Waals surface area contributed by atoms with E-state index < -0.39 is 0 Å². The van der Waals surface area contributed by atoms with Gasteiger partial charge in [0.05, 0.1) is 5.92 Å². The van der Waals surface area contributed by atoms with E-state index >= 15 is 0 Å². The molecule has 0 aromatic rings. The van der Waals surface area contributed by atoms with Crippen molar-refractivity contribution in [2.45, 2.75) is 32.2 Å². The quantitative estimate of drug-likeness (QED) is 0.557. The second-order valence-electron chi connectivity index (χ2n) is 4.12. The van der Waals surface area contributed by atoms with Gasteiger partial charge in [0.15, 0.2) is 0 Å². The van der Waals surface area contributed by atoms with Gasteiger partial charge >= 0.3 is 0 Å². The number of ketones is 2. The number of Topliss-reactive ketones (excluding diaryl/α,β-unsaturated/α-hetero) is 2. The van der Waals surface area contributed by atoms with E-state index in [0.29, 0.717) is 19.0 Å². The maximum absolute atomic E-state index is 11.5. The third-order valence-electron chi connectivity index (χ3n) is 3.23. The Morgan fingerprint density at radius 2 is 2.31 bits per heavy atom. The first-order valence-electron chi connectivity index (χ1n) is 4.95. The zero-order valence-electron chi connectivity index (χ0n) is 7.95. The van der Waals surface area contributed by atoms with E-state index in [1.165, 1.54) is 13.3 Å². The second-order valence-corrected chi connectivity index (χ2v) is 4.12. The molecule has 0 radical (unpaired) electrons. The molecule has 2 aliphatic heterocycles. The van der Waals surface area contributed by atoms with Crippen LogP contribution in [0.3, 0.4) is 0 Å². The Bertz CT molecular complexity index is 249. The van der Waals surface area contributed by atoms with Crippen molar-refractivity contribution >= 4 is 11.6 Å². The van der Waals surface area contributed by atoms with E-state index in [9.17, 15) is 9.59 Å². The summed E-state index contributed by atoms with van der Waals surface area (Å²) in [5.74, 6) is -0.125. The largest absolute Gasteiger partial charge is 0.299 e. The zero-order chi connectivity index (χ0) is 9.42. The van der Waals surface area contributed by atoms with Crippen molar-refractivity contribution in [2.24, 2.45) is 5.92 Å². The molecule has 0 bridgehead atoms. The molecule has 2 rings (SSSR count). The molecule has 13 heavy (non-hydrogen) atoms. The number of hydrogen-bond donors (Lipinski definition) is 0. The lowest BCUT2D eigenvalue weighted by Gasteiger charge is -2.32. The van der Waals surface area contributed by atoms with Gasteiger partial charge in [0.2, 0.25) is 0 Å². The Balaban J connectivity index is 2.09. The zero-order valence-corrected chi connectivity index (χ0v) is 7.95. The van der Waals surface area contributed by atoms with Gasteiger partial charge in [-0.05, 0) is 26.3 Å². The number of fused-ring (bicyclic) bond motifs is 1. The number of piperidine rings is 1. The first-order valence-corrected chi connectivity index (χ1v) is 4.95. The Kier molecular flexibility index (Phi) is 2.20. The van der Waals surface area contributed by atoms with Gasteiger partial charge in [-0.1, -0.05) is 0 Å². The molecule has 3 heteroatoms. The van der Waals surface area contributed by atoms with Gasteiger partial charge < -0.3 is 0 Å². The molecule has 2 atom stereocenters. The highest BCUT2D eigenvalue weighted by Gasteiger charge is 2.38. The summed E-state index contributed by atoms with van der Waals surface area (Å²) in [6, 6.07) is 0.447. The van der Waals surface area contributed by atoms with Gasteiger partial charge in [0.25, 0.3) is 0 Å². The van der Waals surface area contributed by atoms with Crippen molar-refractivity contribution in [3.8, 4) is 0 Å². The average molecular weight is 181 g/mol. The van der Waals surface area contributed by atoms with Gasteiger partial charge in [0.1, 0.15) is 11.6 Å². The van der Waals surface area contributed by atoms with Crippen molar-refractivity contribution in [3.63, 3.8) is 0 Å². The number of carbonyl (C=O) groups is 2.